The number of aromatic nitrogens is 6. The third-order valence-corrected chi connectivity index (χ3v) is 9.05. The lowest BCUT2D eigenvalue weighted by Gasteiger charge is -2.40. The first kappa shape index (κ1) is 31.2. The molecular weight excluding hydrogens is 616 g/mol. The van der Waals surface area contributed by atoms with Crippen LogP contribution in [0, 0.1) is 11.6 Å². The standard InChI is InChI=1S/C35H35F2N9O2/c1-5-29(47)43-14-15-45(21(4)17-43)33-25-16-27(37)31-30-22(8-6-10-26(30)36)18-44-19-23(41-42-44)12-13-38-28-11-7-9-24(20(2)3)32(28)46(34(25)39-31)35(48)40-33/h5-11,16,19-21,38H,1,12-15,17-18H2,2-4H3/t21-/m0/s1. The van der Waals surface area contributed by atoms with E-state index in [4.69, 9.17) is 4.98 Å². The van der Waals surface area contributed by atoms with Crippen molar-refractivity contribution in [2.75, 3.05) is 36.4 Å². The van der Waals surface area contributed by atoms with Gasteiger partial charge in [0.15, 0.2) is 5.65 Å². The maximum absolute atomic E-state index is 16.5. The summed E-state index contributed by atoms with van der Waals surface area (Å²) in [5.74, 6) is -1.38. The number of para-hydroxylation sites is 1. The topological polar surface area (TPSA) is 114 Å². The second kappa shape index (κ2) is 12.3. The van der Waals surface area contributed by atoms with E-state index in [0.29, 0.717) is 54.9 Å². The number of fused-ring (bicyclic) bond motifs is 7. The van der Waals surface area contributed by atoms with Gasteiger partial charge < -0.3 is 15.1 Å². The van der Waals surface area contributed by atoms with Crippen LogP contribution in [0.4, 0.5) is 20.3 Å². The number of piperazine rings is 1. The minimum absolute atomic E-state index is 0.0149. The Morgan fingerprint density at radius 3 is 2.69 bits per heavy atom. The van der Waals surface area contributed by atoms with Gasteiger partial charge in [-0.25, -0.2) is 27.8 Å². The van der Waals surface area contributed by atoms with Crippen molar-refractivity contribution in [2.45, 2.75) is 45.7 Å². The van der Waals surface area contributed by atoms with Crippen LogP contribution in [0.5, 0.6) is 0 Å². The summed E-state index contributed by atoms with van der Waals surface area (Å²) in [7, 11) is 0. The van der Waals surface area contributed by atoms with Crippen molar-refractivity contribution < 1.29 is 13.6 Å². The van der Waals surface area contributed by atoms with Crippen molar-refractivity contribution in [3.05, 3.63) is 100 Å². The number of hydrogen-bond acceptors (Lipinski definition) is 8. The number of carbonyl (C=O) groups is 1. The molecule has 1 amide bonds. The van der Waals surface area contributed by atoms with Crippen LogP contribution in [-0.2, 0) is 17.8 Å². The summed E-state index contributed by atoms with van der Waals surface area (Å²) in [6.07, 6.45) is 3.59. The van der Waals surface area contributed by atoms with Crippen LogP contribution < -0.4 is 15.9 Å². The predicted octanol–water partition coefficient (Wildman–Crippen LogP) is 4.68. The number of pyridine rings is 1. The molecular formula is C35H35F2N9O2. The summed E-state index contributed by atoms with van der Waals surface area (Å²) in [5, 5.41) is 12.3. The molecule has 5 aromatic rings. The van der Waals surface area contributed by atoms with Crippen molar-refractivity contribution in [1.29, 1.82) is 0 Å². The molecule has 246 valence electrons. The van der Waals surface area contributed by atoms with Crippen LogP contribution in [0.1, 0.15) is 43.5 Å². The minimum atomic E-state index is -0.769. The lowest BCUT2D eigenvalue weighted by molar-refractivity contribution is -0.126. The van der Waals surface area contributed by atoms with E-state index in [0.717, 1.165) is 11.3 Å². The van der Waals surface area contributed by atoms with E-state index in [1.165, 1.54) is 22.8 Å². The van der Waals surface area contributed by atoms with Crippen LogP contribution in [0.2, 0.25) is 0 Å². The monoisotopic (exact) mass is 651 g/mol. The molecule has 2 aliphatic rings. The molecule has 1 atom stereocenters. The van der Waals surface area contributed by atoms with Crippen LogP contribution >= 0.6 is 0 Å². The van der Waals surface area contributed by atoms with E-state index in [2.05, 4.69) is 27.2 Å². The van der Waals surface area contributed by atoms with Gasteiger partial charge in [0.25, 0.3) is 0 Å². The van der Waals surface area contributed by atoms with Gasteiger partial charge in [-0.05, 0) is 48.2 Å². The molecule has 2 aromatic carbocycles. The average Bonchev–Trinajstić information content (AvgIpc) is 3.51. The van der Waals surface area contributed by atoms with Gasteiger partial charge in [0, 0.05) is 50.4 Å². The first-order valence-electron chi connectivity index (χ1n) is 16.0. The van der Waals surface area contributed by atoms with Crippen LogP contribution in [0.15, 0.2) is 66.1 Å². The summed E-state index contributed by atoms with van der Waals surface area (Å²) in [5.41, 5.74) is 2.47. The number of amides is 1. The Hall–Kier alpha value is -5.46. The zero-order valence-corrected chi connectivity index (χ0v) is 27.0. The normalized spacial score (nSPS) is 16.2. The van der Waals surface area contributed by atoms with Gasteiger partial charge in [0.2, 0.25) is 5.91 Å². The fourth-order valence-electron chi connectivity index (χ4n) is 6.72. The Kier molecular flexibility index (Phi) is 7.98. The van der Waals surface area contributed by atoms with Gasteiger partial charge in [-0.2, -0.15) is 4.98 Å². The maximum atomic E-state index is 16.5. The van der Waals surface area contributed by atoms with E-state index in [-0.39, 0.29) is 47.1 Å². The second-order valence-electron chi connectivity index (χ2n) is 12.5. The van der Waals surface area contributed by atoms with Crippen molar-refractivity contribution in [2.24, 2.45) is 0 Å². The molecule has 1 fully saturated rings. The third-order valence-electron chi connectivity index (χ3n) is 9.05. The molecule has 0 saturated carbocycles. The number of nitrogens with zero attached hydrogens (tertiary/aromatic N) is 8. The molecule has 5 heterocycles. The van der Waals surface area contributed by atoms with Gasteiger partial charge >= 0.3 is 5.69 Å². The quantitative estimate of drug-likeness (QED) is 0.280. The summed E-state index contributed by atoms with van der Waals surface area (Å²) < 4.78 is 35.3. The largest absolute Gasteiger partial charge is 0.383 e. The number of benzene rings is 2. The van der Waals surface area contributed by atoms with Crippen molar-refractivity contribution in [3.63, 3.8) is 0 Å². The Morgan fingerprint density at radius 1 is 1.10 bits per heavy atom. The summed E-state index contributed by atoms with van der Waals surface area (Å²) >= 11 is 0. The first-order valence-corrected chi connectivity index (χ1v) is 16.0. The Balaban J connectivity index is 1.54. The number of nitrogens with one attached hydrogen (secondary N) is 1. The number of anilines is 2. The molecule has 2 aliphatic heterocycles. The molecule has 0 radical (unpaired) electrons. The highest BCUT2D eigenvalue weighted by atomic mass is 19.1. The molecule has 1 N–H and O–H groups in total. The van der Waals surface area contributed by atoms with Gasteiger partial charge in [-0.15, -0.1) is 5.10 Å². The Morgan fingerprint density at radius 2 is 1.92 bits per heavy atom. The summed E-state index contributed by atoms with van der Waals surface area (Å²) in [6, 6.07) is 11.3. The fraction of sp³-hybridized carbons (Fsp3) is 0.314. The van der Waals surface area contributed by atoms with Crippen molar-refractivity contribution in [1.82, 2.24) is 34.4 Å². The van der Waals surface area contributed by atoms with Gasteiger partial charge in [-0.3, -0.25) is 4.79 Å². The number of rotatable bonds is 3. The lowest BCUT2D eigenvalue weighted by Crippen LogP contribution is -2.54. The second-order valence-corrected chi connectivity index (χ2v) is 12.5. The molecule has 4 bridgehead atoms. The van der Waals surface area contributed by atoms with Crippen molar-refractivity contribution in [3.8, 4) is 16.9 Å². The van der Waals surface area contributed by atoms with Gasteiger partial charge in [0.1, 0.15) is 23.1 Å². The molecule has 7 rings (SSSR count). The van der Waals surface area contributed by atoms with E-state index < -0.39 is 17.3 Å². The Labute approximate surface area is 275 Å². The van der Waals surface area contributed by atoms with Gasteiger partial charge in [-0.1, -0.05) is 49.9 Å². The number of carbonyl (C=O) groups excluding carboxylic acids is 1. The van der Waals surface area contributed by atoms with Crippen LogP contribution in [0.25, 0.3) is 28.0 Å². The zero-order valence-electron chi connectivity index (χ0n) is 27.0. The predicted molar refractivity (Wildman–Crippen MR) is 179 cm³/mol. The molecule has 1 saturated heterocycles. The van der Waals surface area contributed by atoms with Crippen LogP contribution in [0.3, 0.4) is 0 Å². The highest BCUT2D eigenvalue weighted by molar-refractivity contribution is 5.92. The molecule has 13 heteroatoms. The highest BCUT2D eigenvalue weighted by Gasteiger charge is 2.31. The molecule has 0 spiro atoms. The van der Waals surface area contributed by atoms with E-state index in [9.17, 15) is 9.59 Å². The lowest BCUT2D eigenvalue weighted by atomic mass is 9.99. The van der Waals surface area contributed by atoms with E-state index in [1.54, 1.807) is 27.9 Å². The molecule has 0 aliphatic carbocycles. The Bertz CT molecular complexity index is 2140. The molecule has 0 unspecified atom stereocenters. The smallest absolute Gasteiger partial charge is 0.355 e. The molecule has 3 aromatic heterocycles. The number of halogens is 2. The van der Waals surface area contributed by atoms with Crippen molar-refractivity contribution >= 4 is 28.4 Å². The fourth-order valence-corrected chi connectivity index (χ4v) is 6.72. The summed E-state index contributed by atoms with van der Waals surface area (Å²) in [6.45, 7) is 11.2. The van der Waals surface area contributed by atoms with Crippen LogP contribution in [-0.4, -0.2) is 72.6 Å². The highest BCUT2D eigenvalue weighted by Crippen LogP contribution is 2.37. The van der Waals surface area contributed by atoms with Gasteiger partial charge in [0.05, 0.1) is 29.0 Å². The maximum Gasteiger partial charge on any atom is 0.355 e. The minimum Gasteiger partial charge on any atom is -0.383 e. The SMILES string of the molecule is C=CC(=O)N1CCN(c2nc(=O)n3c4nc(c(F)cc24)-c2c(F)cccc2Cn2cc(nn2)CCNc2cccc(C(C)C)c2-3)[C@@H](C)C1. The number of hydrogen-bond donors (Lipinski definition) is 1. The first-order chi connectivity index (χ1) is 23.1. The molecule has 48 heavy (non-hydrogen) atoms. The third kappa shape index (κ3) is 5.38. The summed E-state index contributed by atoms with van der Waals surface area (Å²) in [4.78, 5) is 39.7. The molecule has 11 nitrogen and oxygen atoms in total. The average molecular weight is 652 g/mol. The van der Waals surface area contributed by atoms with E-state index in [1.807, 2.05) is 43.9 Å². The van der Waals surface area contributed by atoms with E-state index >= 15 is 8.78 Å². The zero-order chi connectivity index (χ0) is 33.7.